The Hall–Kier alpha value is -2.83. The first kappa shape index (κ1) is 22.4. The number of nitrogens with zero attached hydrogens (tertiary/aromatic N) is 1. The summed E-state index contributed by atoms with van der Waals surface area (Å²) < 4.78 is 11.0. The molecule has 1 amide bonds. The van der Waals surface area contributed by atoms with Gasteiger partial charge in [-0.1, -0.05) is 42.8 Å². The summed E-state index contributed by atoms with van der Waals surface area (Å²) in [6.45, 7) is 2.99. The van der Waals surface area contributed by atoms with Crippen LogP contribution in [0.5, 0.6) is 5.75 Å². The Morgan fingerprint density at radius 3 is 2.59 bits per heavy atom. The number of halogens is 1. The maximum atomic E-state index is 13.2. The standard InChI is InChI=1S/C25H26ClNO5/c1-3-15-6-8-16(9-7-15)22-21(23(28)19-13-17(31-2)10-11-20(19)26)24(29)25(30)27(22)14-18-5-4-12-32-18/h6-11,13,18,22,28H,3-5,12,14H2,1-2H3/b23-21+. The lowest BCUT2D eigenvalue weighted by molar-refractivity contribution is -0.140. The molecule has 2 aliphatic rings. The van der Waals surface area contributed by atoms with Crippen molar-refractivity contribution in [1.82, 2.24) is 4.90 Å². The highest BCUT2D eigenvalue weighted by atomic mass is 35.5. The summed E-state index contributed by atoms with van der Waals surface area (Å²) >= 11 is 6.34. The number of ketones is 1. The van der Waals surface area contributed by atoms with E-state index in [1.165, 1.54) is 12.0 Å². The molecule has 0 bridgehead atoms. The first-order valence-electron chi connectivity index (χ1n) is 10.8. The monoisotopic (exact) mass is 455 g/mol. The normalized spacial score (nSPS) is 22.5. The molecule has 2 saturated heterocycles. The molecule has 0 aromatic heterocycles. The Morgan fingerprint density at radius 1 is 1.22 bits per heavy atom. The predicted octanol–water partition coefficient (Wildman–Crippen LogP) is 4.51. The Balaban J connectivity index is 1.85. The van der Waals surface area contributed by atoms with Crippen LogP contribution in [0.3, 0.4) is 0 Å². The number of ether oxygens (including phenoxy) is 2. The van der Waals surface area contributed by atoms with E-state index in [1.807, 2.05) is 24.3 Å². The first-order valence-corrected chi connectivity index (χ1v) is 11.1. The molecule has 2 fully saturated rings. The van der Waals surface area contributed by atoms with Crippen molar-refractivity contribution in [2.24, 2.45) is 0 Å². The SMILES string of the molecule is CCc1ccc(C2/C(=C(\O)c3cc(OC)ccc3Cl)C(=O)C(=O)N2CC2CCCO2)cc1. The van der Waals surface area contributed by atoms with E-state index < -0.39 is 17.7 Å². The Bertz CT molecular complexity index is 1060. The number of hydrogen-bond donors (Lipinski definition) is 1. The molecular formula is C25H26ClNO5. The summed E-state index contributed by atoms with van der Waals surface area (Å²) in [5.74, 6) is -1.21. The largest absolute Gasteiger partial charge is 0.507 e. The molecule has 32 heavy (non-hydrogen) atoms. The van der Waals surface area contributed by atoms with Crippen LogP contribution in [0, 0.1) is 0 Å². The zero-order valence-electron chi connectivity index (χ0n) is 18.1. The van der Waals surface area contributed by atoms with Gasteiger partial charge in [-0.05, 0) is 48.6 Å². The zero-order chi connectivity index (χ0) is 22.8. The van der Waals surface area contributed by atoms with E-state index in [1.54, 1.807) is 18.2 Å². The molecule has 2 unspecified atom stereocenters. The zero-order valence-corrected chi connectivity index (χ0v) is 18.9. The van der Waals surface area contributed by atoms with Crippen LogP contribution in [0.15, 0.2) is 48.0 Å². The Morgan fingerprint density at radius 2 is 1.97 bits per heavy atom. The second kappa shape index (κ2) is 9.35. The lowest BCUT2D eigenvalue weighted by Crippen LogP contribution is -2.36. The molecule has 2 aliphatic heterocycles. The molecule has 2 heterocycles. The molecule has 0 radical (unpaired) electrons. The third-order valence-electron chi connectivity index (χ3n) is 6.10. The van der Waals surface area contributed by atoms with Gasteiger partial charge >= 0.3 is 0 Å². The van der Waals surface area contributed by atoms with Gasteiger partial charge in [0.1, 0.15) is 11.5 Å². The number of likely N-dealkylation sites (tertiary alicyclic amines) is 1. The van der Waals surface area contributed by atoms with E-state index in [2.05, 4.69) is 6.92 Å². The molecule has 6 nitrogen and oxygen atoms in total. The summed E-state index contributed by atoms with van der Waals surface area (Å²) in [6.07, 6.45) is 2.48. The van der Waals surface area contributed by atoms with Gasteiger partial charge < -0.3 is 19.5 Å². The molecule has 168 valence electrons. The Kier molecular flexibility index (Phi) is 6.53. The molecule has 2 atom stereocenters. The maximum Gasteiger partial charge on any atom is 0.295 e. The quantitative estimate of drug-likeness (QED) is 0.394. The molecule has 7 heteroatoms. The summed E-state index contributed by atoms with van der Waals surface area (Å²) in [6, 6.07) is 11.8. The van der Waals surface area contributed by atoms with Gasteiger partial charge in [0.15, 0.2) is 0 Å². The van der Waals surface area contributed by atoms with Crippen LogP contribution in [-0.2, 0) is 20.7 Å². The highest BCUT2D eigenvalue weighted by Crippen LogP contribution is 2.41. The highest BCUT2D eigenvalue weighted by molar-refractivity contribution is 6.47. The van der Waals surface area contributed by atoms with Gasteiger partial charge in [-0.3, -0.25) is 9.59 Å². The van der Waals surface area contributed by atoms with Crippen molar-refractivity contribution >= 4 is 29.1 Å². The van der Waals surface area contributed by atoms with Gasteiger partial charge in [0.25, 0.3) is 11.7 Å². The van der Waals surface area contributed by atoms with Crippen molar-refractivity contribution in [3.63, 3.8) is 0 Å². The number of rotatable bonds is 6. The molecule has 1 N–H and O–H groups in total. The lowest BCUT2D eigenvalue weighted by Gasteiger charge is -2.27. The number of aryl methyl sites for hydroxylation is 1. The van der Waals surface area contributed by atoms with Gasteiger partial charge in [0.2, 0.25) is 0 Å². The van der Waals surface area contributed by atoms with Crippen LogP contribution in [-0.4, -0.2) is 48.1 Å². The first-order chi connectivity index (χ1) is 15.4. The number of aliphatic hydroxyl groups excluding tert-OH is 1. The minimum absolute atomic E-state index is 0.0207. The van der Waals surface area contributed by atoms with Crippen LogP contribution in [0.2, 0.25) is 5.02 Å². The van der Waals surface area contributed by atoms with Gasteiger partial charge in [-0.25, -0.2) is 0 Å². The summed E-state index contributed by atoms with van der Waals surface area (Å²) in [5.41, 5.74) is 2.16. The number of Topliss-reactive ketones (excluding diaryl/α,β-unsaturated/α-hetero) is 1. The van der Waals surface area contributed by atoms with Crippen LogP contribution < -0.4 is 4.74 Å². The number of aliphatic hydroxyl groups is 1. The van der Waals surface area contributed by atoms with E-state index in [-0.39, 0.29) is 34.6 Å². The average Bonchev–Trinajstić information content (AvgIpc) is 3.41. The van der Waals surface area contributed by atoms with E-state index in [9.17, 15) is 14.7 Å². The van der Waals surface area contributed by atoms with Gasteiger partial charge in [0.05, 0.1) is 29.9 Å². The predicted molar refractivity (Wildman–Crippen MR) is 122 cm³/mol. The number of methoxy groups -OCH3 is 1. The molecule has 2 aromatic rings. The number of benzene rings is 2. The van der Waals surface area contributed by atoms with Gasteiger partial charge in [-0.15, -0.1) is 0 Å². The highest BCUT2D eigenvalue weighted by Gasteiger charge is 2.47. The lowest BCUT2D eigenvalue weighted by atomic mass is 9.94. The fourth-order valence-corrected chi connectivity index (χ4v) is 4.52. The molecule has 0 aliphatic carbocycles. The molecule has 0 spiro atoms. The van der Waals surface area contributed by atoms with Crippen molar-refractivity contribution in [1.29, 1.82) is 0 Å². The number of amides is 1. The summed E-state index contributed by atoms with van der Waals surface area (Å²) in [5, 5.41) is 11.5. The van der Waals surface area contributed by atoms with Crippen LogP contribution in [0.25, 0.3) is 5.76 Å². The van der Waals surface area contributed by atoms with E-state index >= 15 is 0 Å². The minimum atomic E-state index is -0.732. The third-order valence-corrected chi connectivity index (χ3v) is 6.43. The number of carbonyl (C=O) groups excluding carboxylic acids is 2. The molecule has 4 rings (SSSR count). The molecule has 0 saturated carbocycles. The smallest absolute Gasteiger partial charge is 0.295 e. The van der Waals surface area contributed by atoms with Crippen molar-refractivity contribution < 1.29 is 24.2 Å². The summed E-state index contributed by atoms with van der Waals surface area (Å²) in [4.78, 5) is 27.7. The maximum absolute atomic E-state index is 13.2. The van der Waals surface area contributed by atoms with Crippen molar-refractivity contribution in [2.75, 3.05) is 20.3 Å². The second-order valence-corrected chi connectivity index (χ2v) is 8.43. The fourth-order valence-electron chi connectivity index (χ4n) is 4.32. The molecule has 2 aromatic carbocycles. The topological polar surface area (TPSA) is 76.1 Å². The number of carbonyl (C=O) groups is 2. The second-order valence-electron chi connectivity index (χ2n) is 8.03. The summed E-state index contributed by atoms with van der Waals surface area (Å²) in [7, 11) is 1.50. The van der Waals surface area contributed by atoms with E-state index in [0.717, 1.165) is 30.4 Å². The fraction of sp³-hybridized carbons (Fsp3) is 0.360. The van der Waals surface area contributed by atoms with E-state index in [4.69, 9.17) is 21.1 Å². The van der Waals surface area contributed by atoms with Crippen LogP contribution >= 0.6 is 11.6 Å². The van der Waals surface area contributed by atoms with Crippen molar-refractivity contribution in [2.45, 2.75) is 38.3 Å². The van der Waals surface area contributed by atoms with Crippen molar-refractivity contribution in [3.8, 4) is 5.75 Å². The van der Waals surface area contributed by atoms with Crippen molar-refractivity contribution in [3.05, 3.63) is 69.8 Å². The Labute approximate surface area is 192 Å². The molecular weight excluding hydrogens is 430 g/mol. The average molecular weight is 456 g/mol. The van der Waals surface area contributed by atoms with Gasteiger partial charge in [-0.2, -0.15) is 0 Å². The third kappa shape index (κ3) is 4.12. The minimum Gasteiger partial charge on any atom is -0.507 e. The van der Waals surface area contributed by atoms with Crippen LogP contribution in [0.1, 0.15) is 42.5 Å². The number of hydrogen-bond acceptors (Lipinski definition) is 5. The van der Waals surface area contributed by atoms with E-state index in [0.29, 0.717) is 12.4 Å². The van der Waals surface area contributed by atoms with Gasteiger partial charge in [0, 0.05) is 18.7 Å². The van der Waals surface area contributed by atoms with Crippen LogP contribution in [0.4, 0.5) is 0 Å².